The van der Waals surface area contributed by atoms with Crippen LogP contribution in [0.15, 0.2) is 0 Å². The molecule has 1 heterocycles. The Labute approximate surface area is 97.1 Å². The minimum absolute atomic E-state index is 0.0423. The van der Waals surface area contributed by atoms with Gasteiger partial charge >= 0.3 is 0 Å². The van der Waals surface area contributed by atoms with Gasteiger partial charge in [-0.1, -0.05) is 20.8 Å². The minimum Gasteiger partial charge on any atom is -0.404 e. The zero-order valence-electron chi connectivity index (χ0n) is 10.5. The van der Waals surface area contributed by atoms with Crippen molar-refractivity contribution >= 4 is 14.1 Å². The second kappa shape index (κ2) is 3.38. The van der Waals surface area contributed by atoms with E-state index in [1.54, 1.807) is 0 Å². The first-order chi connectivity index (χ1) is 7.15. The van der Waals surface area contributed by atoms with Crippen LogP contribution in [0.3, 0.4) is 0 Å². The van der Waals surface area contributed by atoms with Gasteiger partial charge < -0.3 is 14.3 Å². The molecule has 1 aliphatic heterocycles. The number of hydrogen-bond acceptors (Lipinski definition) is 4. The third kappa shape index (κ3) is 1.75. The maximum absolute atomic E-state index is 11.8. The quantitative estimate of drug-likeness (QED) is 0.583. The van der Waals surface area contributed by atoms with Gasteiger partial charge in [-0.2, -0.15) is 0 Å². The molecule has 0 aromatic heterocycles. The van der Waals surface area contributed by atoms with Crippen LogP contribution in [0.1, 0.15) is 20.8 Å². The Morgan fingerprint density at radius 2 is 1.94 bits per heavy atom. The maximum Gasteiger partial charge on any atom is 0.194 e. The lowest BCUT2D eigenvalue weighted by Gasteiger charge is -2.38. The van der Waals surface area contributed by atoms with Crippen molar-refractivity contribution in [2.24, 2.45) is 0 Å². The third-order valence-corrected chi connectivity index (χ3v) is 8.42. The molecule has 0 unspecified atom stereocenters. The van der Waals surface area contributed by atoms with Crippen LogP contribution in [-0.2, 0) is 14.0 Å². The molecule has 0 spiro atoms. The average Bonchev–Trinajstić information content (AvgIpc) is 2.84. The number of fused-ring (bicyclic) bond motifs is 1. The number of epoxide rings is 1. The molecule has 92 valence electrons. The fraction of sp³-hybridized carbons (Fsp3) is 0.909. The van der Waals surface area contributed by atoms with Crippen LogP contribution in [-0.4, -0.2) is 43.6 Å². The van der Waals surface area contributed by atoms with Crippen molar-refractivity contribution in [3.8, 4) is 0 Å². The van der Waals surface area contributed by atoms with Gasteiger partial charge in [0, 0.05) is 0 Å². The summed E-state index contributed by atoms with van der Waals surface area (Å²) >= 11 is 0. The van der Waals surface area contributed by atoms with E-state index in [0.717, 1.165) is 0 Å². The van der Waals surface area contributed by atoms with Crippen molar-refractivity contribution in [3.63, 3.8) is 0 Å². The number of carbonyl (C=O) groups is 1. The second-order valence-electron chi connectivity index (χ2n) is 6.21. The van der Waals surface area contributed by atoms with Gasteiger partial charge in [0.1, 0.15) is 24.4 Å². The zero-order valence-corrected chi connectivity index (χ0v) is 11.5. The van der Waals surface area contributed by atoms with Gasteiger partial charge in [0.25, 0.3) is 0 Å². The van der Waals surface area contributed by atoms with Gasteiger partial charge in [-0.25, -0.2) is 0 Å². The Morgan fingerprint density at radius 3 is 2.31 bits per heavy atom. The van der Waals surface area contributed by atoms with E-state index in [4.69, 9.17) is 9.16 Å². The van der Waals surface area contributed by atoms with Crippen molar-refractivity contribution < 1.29 is 19.1 Å². The molecule has 0 radical (unpaired) electrons. The molecule has 0 aromatic carbocycles. The number of Topliss-reactive ketones (excluding diaryl/α,β-unsaturated/α-hetero) is 1. The van der Waals surface area contributed by atoms with Crippen LogP contribution in [0, 0.1) is 0 Å². The first-order valence-electron chi connectivity index (χ1n) is 5.70. The van der Waals surface area contributed by atoms with Crippen LogP contribution in [0.5, 0.6) is 0 Å². The second-order valence-corrected chi connectivity index (χ2v) is 11.0. The molecule has 1 N–H and O–H groups in total. The fourth-order valence-electron chi connectivity index (χ4n) is 1.74. The Kier molecular flexibility index (Phi) is 2.59. The number of rotatable bonds is 2. The number of carbonyl (C=O) groups excluding carboxylic acids is 1. The summed E-state index contributed by atoms with van der Waals surface area (Å²) in [7, 11) is -2.00. The number of ether oxygens (including phenoxy) is 1. The SMILES string of the molecule is CC(C)(C)[Si](C)(C)O[C@@H]1C(=O)[C@@H]2O[C@@H]2[C@@H]1O. The zero-order chi connectivity index (χ0) is 12.3. The molecule has 5 heteroatoms. The smallest absolute Gasteiger partial charge is 0.194 e. The predicted molar refractivity (Wildman–Crippen MR) is 61.7 cm³/mol. The Bertz CT molecular complexity index is 320. The molecular weight excluding hydrogens is 224 g/mol. The first kappa shape index (κ1) is 12.2. The molecule has 4 atom stereocenters. The predicted octanol–water partition coefficient (Wildman–Crippen LogP) is 1.09. The molecule has 2 aliphatic rings. The van der Waals surface area contributed by atoms with Crippen LogP contribution < -0.4 is 0 Å². The summed E-state index contributed by atoms with van der Waals surface area (Å²) in [5.41, 5.74) is 0. The summed E-state index contributed by atoms with van der Waals surface area (Å²) in [6, 6.07) is 0. The van der Waals surface area contributed by atoms with Crippen LogP contribution in [0.25, 0.3) is 0 Å². The highest BCUT2D eigenvalue weighted by Crippen LogP contribution is 2.43. The highest BCUT2D eigenvalue weighted by Gasteiger charge is 2.63. The van der Waals surface area contributed by atoms with Gasteiger partial charge in [-0.15, -0.1) is 0 Å². The number of hydrogen-bond donors (Lipinski definition) is 1. The topological polar surface area (TPSA) is 59.1 Å². The number of aliphatic hydroxyl groups excluding tert-OH is 1. The van der Waals surface area contributed by atoms with E-state index < -0.39 is 26.6 Å². The van der Waals surface area contributed by atoms with E-state index >= 15 is 0 Å². The lowest BCUT2D eigenvalue weighted by molar-refractivity contribution is -0.132. The molecule has 1 aliphatic carbocycles. The van der Waals surface area contributed by atoms with Crippen molar-refractivity contribution in [2.75, 3.05) is 0 Å². The lowest BCUT2D eigenvalue weighted by Crippen LogP contribution is -2.49. The number of ketones is 1. The molecule has 0 aromatic rings. The van der Waals surface area contributed by atoms with E-state index in [0.29, 0.717) is 0 Å². The van der Waals surface area contributed by atoms with Crippen molar-refractivity contribution in [1.29, 1.82) is 0 Å². The lowest BCUT2D eigenvalue weighted by atomic mass is 10.2. The molecule has 0 amide bonds. The number of aliphatic hydroxyl groups is 1. The van der Waals surface area contributed by atoms with Gasteiger partial charge in [0.05, 0.1) is 0 Å². The molecule has 16 heavy (non-hydrogen) atoms. The molecule has 1 saturated heterocycles. The average molecular weight is 244 g/mol. The van der Waals surface area contributed by atoms with Crippen LogP contribution in [0.2, 0.25) is 18.1 Å². The minimum atomic E-state index is -2.00. The molecule has 0 bridgehead atoms. The van der Waals surface area contributed by atoms with E-state index in [-0.39, 0.29) is 16.9 Å². The highest BCUT2D eigenvalue weighted by molar-refractivity contribution is 6.74. The van der Waals surface area contributed by atoms with Gasteiger partial charge in [0.2, 0.25) is 0 Å². The van der Waals surface area contributed by atoms with Gasteiger partial charge in [0.15, 0.2) is 14.1 Å². The third-order valence-electron chi connectivity index (χ3n) is 3.96. The van der Waals surface area contributed by atoms with Crippen molar-refractivity contribution in [1.82, 2.24) is 0 Å². The van der Waals surface area contributed by atoms with E-state index in [2.05, 4.69) is 33.9 Å². The fourth-order valence-corrected chi connectivity index (χ4v) is 2.98. The summed E-state index contributed by atoms with van der Waals surface area (Å²) < 4.78 is 11.0. The van der Waals surface area contributed by atoms with E-state index in [1.807, 2.05) is 0 Å². The normalized spacial score (nSPS) is 38.8. The molecule has 1 saturated carbocycles. The maximum atomic E-state index is 11.8. The molecule has 2 fully saturated rings. The summed E-state index contributed by atoms with van der Waals surface area (Å²) in [5, 5.41) is 9.89. The van der Waals surface area contributed by atoms with Crippen molar-refractivity contribution in [3.05, 3.63) is 0 Å². The first-order valence-corrected chi connectivity index (χ1v) is 8.61. The molecule has 2 rings (SSSR count). The molecule has 4 nitrogen and oxygen atoms in total. The Balaban J connectivity index is 2.08. The van der Waals surface area contributed by atoms with Crippen LogP contribution in [0.4, 0.5) is 0 Å². The Morgan fingerprint density at radius 1 is 1.38 bits per heavy atom. The van der Waals surface area contributed by atoms with E-state index in [1.165, 1.54) is 0 Å². The summed E-state index contributed by atoms with van der Waals surface area (Å²) in [5.74, 6) is -0.0812. The van der Waals surface area contributed by atoms with Gasteiger partial charge in [-0.05, 0) is 18.1 Å². The van der Waals surface area contributed by atoms with Crippen molar-refractivity contribution in [2.45, 2.75) is 63.3 Å². The summed E-state index contributed by atoms with van der Waals surface area (Å²) in [6.45, 7) is 10.5. The van der Waals surface area contributed by atoms with Crippen LogP contribution >= 0.6 is 0 Å². The monoisotopic (exact) mass is 244 g/mol. The largest absolute Gasteiger partial charge is 0.404 e. The van der Waals surface area contributed by atoms with Gasteiger partial charge in [-0.3, -0.25) is 4.79 Å². The Hall–Kier alpha value is -0.233. The van der Waals surface area contributed by atoms with E-state index in [9.17, 15) is 9.90 Å². The summed E-state index contributed by atoms with van der Waals surface area (Å²) in [6.07, 6.45) is -2.14. The molecular formula is C11H20O4Si. The standard InChI is InChI=1S/C11H20O4Si/c1-11(2,3)16(4,5)15-8-6(12)9-10(14-9)7(8)13/h6,8-10,12H,1-5H3/t6-,8+,9-,10+/m1/s1. The summed E-state index contributed by atoms with van der Waals surface area (Å²) in [4.78, 5) is 11.8. The highest BCUT2D eigenvalue weighted by atomic mass is 28.4.